The number of hydrogen-bond acceptors (Lipinski definition) is 5. The number of ether oxygens (including phenoxy) is 1. The molecule has 8 nitrogen and oxygen atoms in total. The maximum Gasteiger partial charge on any atom is 0.371 e. The Kier molecular flexibility index (Phi) is 5.92. The Bertz CT molecular complexity index is 502. The van der Waals surface area contributed by atoms with Gasteiger partial charge in [0.2, 0.25) is 17.6 Å². The molecular formula is C14H22N2O6. The normalized spacial score (nSPS) is 26.1. The summed E-state index contributed by atoms with van der Waals surface area (Å²) in [6.07, 6.45) is -1.48. The van der Waals surface area contributed by atoms with Crippen LogP contribution in [0.4, 0.5) is 0 Å². The highest BCUT2D eigenvalue weighted by Gasteiger charge is 2.42. The van der Waals surface area contributed by atoms with Crippen molar-refractivity contribution in [2.75, 3.05) is 0 Å². The van der Waals surface area contributed by atoms with Crippen molar-refractivity contribution in [2.45, 2.75) is 51.9 Å². The minimum absolute atomic E-state index is 0.106. The van der Waals surface area contributed by atoms with E-state index in [1.165, 1.54) is 13.8 Å². The average molecular weight is 314 g/mol. The summed E-state index contributed by atoms with van der Waals surface area (Å²) in [5, 5.41) is 22.0. The number of carboxylic acids is 1. The van der Waals surface area contributed by atoms with Gasteiger partial charge in [0.05, 0.1) is 6.04 Å². The number of aliphatic carboxylic acids is 1. The van der Waals surface area contributed by atoms with Crippen LogP contribution in [0.5, 0.6) is 0 Å². The summed E-state index contributed by atoms with van der Waals surface area (Å²) in [7, 11) is 0. The fourth-order valence-electron chi connectivity index (χ4n) is 2.50. The van der Waals surface area contributed by atoms with Gasteiger partial charge in [0, 0.05) is 18.9 Å². The van der Waals surface area contributed by atoms with E-state index in [1.54, 1.807) is 6.92 Å². The van der Waals surface area contributed by atoms with E-state index >= 15 is 0 Å². The van der Waals surface area contributed by atoms with Gasteiger partial charge in [0.1, 0.15) is 12.2 Å². The summed E-state index contributed by atoms with van der Waals surface area (Å²) in [4.78, 5) is 33.4. The van der Waals surface area contributed by atoms with Gasteiger partial charge in [-0.3, -0.25) is 9.59 Å². The molecule has 5 N–H and O–H groups in total. The minimum Gasteiger partial charge on any atom is -0.481 e. The molecule has 124 valence electrons. The van der Waals surface area contributed by atoms with E-state index < -0.39 is 30.1 Å². The molecular weight excluding hydrogens is 292 g/mol. The van der Waals surface area contributed by atoms with Gasteiger partial charge in [0.15, 0.2) is 0 Å². The zero-order valence-electron chi connectivity index (χ0n) is 12.8. The molecule has 0 saturated heterocycles. The Labute approximate surface area is 128 Å². The van der Waals surface area contributed by atoms with Crippen LogP contribution in [0.1, 0.15) is 33.6 Å². The Morgan fingerprint density at radius 3 is 2.45 bits per heavy atom. The summed E-state index contributed by atoms with van der Waals surface area (Å²) in [5.41, 5.74) is 5.25. The Balaban J connectivity index is 3.06. The van der Waals surface area contributed by atoms with E-state index in [4.69, 9.17) is 15.6 Å². The number of hydrogen-bond donors (Lipinski definition) is 4. The predicted molar refractivity (Wildman–Crippen MR) is 76.4 cm³/mol. The smallest absolute Gasteiger partial charge is 0.371 e. The summed E-state index contributed by atoms with van der Waals surface area (Å²) in [6.45, 7) is 4.48. The molecule has 8 heteroatoms. The van der Waals surface area contributed by atoms with Crippen LogP contribution in [-0.2, 0) is 19.1 Å². The number of aliphatic hydroxyl groups is 1. The first kappa shape index (κ1) is 18.0. The molecule has 0 fully saturated rings. The summed E-state index contributed by atoms with van der Waals surface area (Å²) in [5.74, 6) is -2.76. The lowest BCUT2D eigenvalue weighted by molar-refractivity contribution is -0.142. The van der Waals surface area contributed by atoms with Gasteiger partial charge in [-0.05, 0) is 19.3 Å². The van der Waals surface area contributed by atoms with Crippen molar-refractivity contribution in [2.24, 2.45) is 11.7 Å². The van der Waals surface area contributed by atoms with Crippen molar-refractivity contribution in [3.8, 4) is 0 Å². The maximum absolute atomic E-state index is 11.3. The molecule has 2 amide bonds. The van der Waals surface area contributed by atoms with E-state index in [9.17, 15) is 19.5 Å². The van der Waals surface area contributed by atoms with Gasteiger partial charge in [-0.15, -0.1) is 0 Å². The molecule has 0 bridgehead atoms. The van der Waals surface area contributed by atoms with E-state index in [0.29, 0.717) is 6.42 Å². The molecule has 0 spiro atoms. The van der Waals surface area contributed by atoms with E-state index in [1.807, 2.05) is 0 Å². The molecule has 1 heterocycles. The number of primary amides is 1. The second-order valence-corrected chi connectivity index (χ2v) is 5.55. The number of carboxylic acid groups (broad SMARTS) is 1. The quantitative estimate of drug-likeness (QED) is 0.522. The monoisotopic (exact) mass is 314 g/mol. The Morgan fingerprint density at radius 2 is 2.00 bits per heavy atom. The summed E-state index contributed by atoms with van der Waals surface area (Å²) in [6, 6.07) is -0.788. The number of rotatable bonds is 6. The van der Waals surface area contributed by atoms with Crippen LogP contribution in [-0.4, -0.2) is 46.2 Å². The van der Waals surface area contributed by atoms with Gasteiger partial charge in [-0.2, -0.15) is 0 Å². The number of amides is 2. The lowest BCUT2D eigenvalue weighted by Gasteiger charge is -2.39. The van der Waals surface area contributed by atoms with Crippen LogP contribution in [0.2, 0.25) is 0 Å². The van der Waals surface area contributed by atoms with Gasteiger partial charge >= 0.3 is 5.97 Å². The number of nitrogens with two attached hydrogens (primary N) is 1. The van der Waals surface area contributed by atoms with Crippen LogP contribution in [0, 0.1) is 5.92 Å². The first-order valence-corrected chi connectivity index (χ1v) is 6.99. The fraction of sp³-hybridized carbons (Fsp3) is 0.643. The second-order valence-electron chi connectivity index (χ2n) is 5.55. The number of nitrogens with one attached hydrogen (secondary N) is 1. The lowest BCUT2D eigenvalue weighted by Crippen LogP contribution is -2.56. The van der Waals surface area contributed by atoms with Gasteiger partial charge in [-0.25, -0.2) is 4.79 Å². The Hall–Kier alpha value is -2.09. The van der Waals surface area contributed by atoms with Crippen LogP contribution in [0.25, 0.3) is 0 Å². The lowest BCUT2D eigenvalue weighted by atomic mass is 9.85. The molecule has 4 atom stereocenters. The standard InChI is InChI=1S/C14H22N2O6/c1-6(4-5-9(15)18)12-10(16-8(3)17)11(19)7(2)13(22-12)14(20)21/h6,10-12,19H,4-5H2,1-3H3,(H2,15,18)(H,16,17)(H,20,21)/t6-,10+,11-,12-/m0/s1. The molecule has 1 aliphatic rings. The minimum atomic E-state index is -1.29. The maximum atomic E-state index is 11.3. The first-order chi connectivity index (χ1) is 10.1. The van der Waals surface area contributed by atoms with Crippen LogP contribution in [0.3, 0.4) is 0 Å². The summed E-state index contributed by atoms with van der Waals surface area (Å²) >= 11 is 0. The Morgan fingerprint density at radius 1 is 1.41 bits per heavy atom. The molecule has 0 saturated carbocycles. The largest absolute Gasteiger partial charge is 0.481 e. The molecule has 0 aliphatic carbocycles. The molecule has 0 radical (unpaired) electrons. The van der Waals surface area contributed by atoms with Crippen molar-refractivity contribution in [1.82, 2.24) is 5.32 Å². The highest BCUT2D eigenvalue weighted by atomic mass is 16.5. The van der Waals surface area contributed by atoms with E-state index in [2.05, 4.69) is 5.32 Å². The van der Waals surface area contributed by atoms with Crippen molar-refractivity contribution >= 4 is 17.8 Å². The SMILES string of the molecule is CC(=O)N[C@H]1[C@H]([C@@H](C)CCC(N)=O)OC(C(=O)O)=C(C)[C@@H]1O. The van der Waals surface area contributed by atoms with Gasteiger partial charge < -0.3 is 26.0 Å². The highest BCUT2D eigenvalue weighted by Crippen LogP contribution is 2.30. The number of carbonyl (C=O) groups is 3. The topological polar surface area (TPSA) is 139 Å². The predicted octanol–water partition coefficient (Wildman–Crippen LogP) is -0.489. The van der Waals surface area contributed by atoms with E-state index in [-0.39, 0.29) is 29.6 Å². The van der Waals surface area contributed by atoms with Gasteiger partial charge in [0.25, 0.3) is 0 Å². The zero-order valence-corrected chi connectivity index (χ0v) is 12.8. The van der Waals surface area contributed by atoms with Crippen LogP contribution < -0.4 is 11.1 Å². The molecule has 0 aromatic heterocycles. The van der Waals surface area contributed by atoms with Crippen LogP contribution in [0.15, 0.2) is 11.3 Å². The highest BCUT2D eigenvalue weighted by molar-refractivity contribution is 5.85. The zero-order chi connectivity index (χ0) is 17.0. The van der Waals surface area contributed by atoms with Crippen molar-refractivity contribution in [3.05, 3.63) is 11.3 Å². The third-order valence-corrected chi connectivity index (χ3v) is 3.72. The number of aliphatic hydroxyl groups excluding tert-OH is 1. The number of carbonyl (C=O) groups excluding carboxylic acids is 2. The molecule has 0 aromatic carbocycles. The molecule has 1 rings (SSSR count). The van der Waals surface area contributed by atoms with Crippen molar-refractivity contribution in [3.63, 3.8) is 0 Å². The summed E-state index contributed by atoms with van der Waals surface area (Å²) < 4.78 is 5.49. The molecule has 0 aromatic rings. The third-order valence-electron chi connectivity index (χ3n) is 3.72. The average Bonchev–Trinajstić information content (AvgIpc) is 2.40. The van der Waals surface area contributed by atoms with Crippen molar-refractivity contribution < 1.29 is 29.3 Å². The first-order valence-electron chi connectivity index (χ1n) is 6.99. The van der Waals surface area contributed by atoms with E-state index in [0.717, 1.165) is 0 Å². The van der Waals surface area contributed by atoms with Gasteiger partial charge in [-0.1, -0.05) is 6.92 Å². The second kappa shape index (κ2) is 7.26. The molecule has 1 aliphatic heterocycles. The van der Waals surface area contributed by atoms with Crippen molar-refractivity contribution in [1.29, 1.82) is 0 Å². The fourth-order valence-corrected chi connectivity index (χ4v) is 2.50. The van der Waals surface area contributed by atoms with Crippen LogP contribution >= 0.6 is 0 Å². The third kappa shape index (κ3) is 4.20. The molecule has 22 heavy (non-hydrogen) atoms. The molecule has 0 unspecified atom stereocenters.